The molecule has 0 bridgehead atoms. The van der Waals surface area contributed by atoms with Crippen molar-refractivity contribution < 1.29 is 4.79 Å². The van der Waals surface area contributed by atoms with Gasteiger partial charge in [-0.1, -0.05) is 30.3 Å². The molecule has 2 nitrogen and oxygen atoms in total. The van der Waals surface area contributed by atoms with Crippen LogP contribution in [0, 0.1) is 0 Å². The van der Waals surface area contributed by atoms with Crippen LogP contribution in [0.25, 0.3) is 0 Å². The van der Waals surface area contributed by atoms with E-state index in [4.69, 9.17) is 0 Å². The second kappa shape index (κ2) is 6.66. The highest BCUT2D eigenvalue weighted by Crippen LogP contribution is 2.08. The van der Waals surface area contributed by atoms with E-state index in [1.54, 1.807) is 0 Å². The van der Waals surface area contributed by atoms with Gasteiger partial charge in [-0.25, -0.2) is 0 Å². The fourth-order valence-corrected chi connectivity index (χ4v) is 2.07. The first-order valence-electron chi connectivity index (χ1n) is 5.62. The number of likely N-dealkylation sites (tertiary alicyclic amines) is 1. The summed E-state index contributed by atoms with van der Waals surface area (Å²) in [6.07, 6.45) is 3.08. The number of benzene rings is 1. The maximum Gasteiger partial charge on any atom is 0.151 e. The quantitative estimate of drug-likeness (QED) is 0.804. The SMILES string of the molecule is Cl.O=C(Cc1ccccc1)CN1CCCC1. The van der Waals surface area contributed by atoms with Crippen LogP contribution in [-0.4, -0.2) is 30.3 Å². The molecular formula is C13H18ClNO. The molecule has 1 fully saturated rings. The number of nitrogens with zero attached hydrogens (tertiary/aromatic N) is 1. The Balaban J connectivity index is 0.00000128. The third-order valence-electron chi connectivity index (χ3n) is 2.84. The summed E-state index contributed by atoms with van der Waals surface area (Å²) in [5.74, 6) is 0.336. The van der Waals surface area contributed by atoms with E-state index in [0.29, 0.717) is 18.7 Å². The van der Waals surface area contributed by atoms with E-state index in [1.165, 1.54) is 12.8 Å². The fourth-order valence-electron chi connectivity index (χ4n) is 2.07. The number of halogens is 1. The third-order valence-corrected chi connectivity index (χ3v) is 2.84. The van der Waals surface area contributed by atoms with E-state index >= 15 is 0 Å². The van der Waals surface area contributed by atoms with Gasteiger partial charge in [-0.2, -0.15) is 0 Å². The lowest BCUT2D eigenvalue weighted by Crippen LogP contribution is -2.27. The highest BCUT2D eigenvalue weighted by atomic mass is 35.5. The monoisotopic (exact) mass is 239 g/mol. The molecule has 3 heteroatoms. The smallest absolute Gasteiger partial charge is 0.151 e. The highest BCUT2D eigenvalue weighted by Gasteiger charge is 2.14. The van der Waals surface area contributed by atoms with Gasteiger partial charge in [0, 0.05) is 6.42 Å². The average molecular weight is 240 g/mol. The van der Waals surface area contributed by atoms with Crippen molar-refractivity contribution in [1.29, 1.82) is 0 Å². The molecule has 0 spiro atoms. The van der Waals surface area contributed by atoms with Crippen molar-refractivity contribution in [1.82, 2.24) is 4.90 Å². The van der Waals surface area contributed by atoms with Gasteiger partial charge in [0.15, 0.2) is 5.78 Å². The lowest BCUT2D eigenvalue weighted by Gasteiger charge is -2.12. The lowest BCUT2D eigenvalue weighted by molar-refractivity contribution is -0.119. The molecule has 1 heterocycles. The molecule has 0 aliphatic carbocycles. The number of hydrogen-bond donors (Lipinski definition) is 0. The molecule has 88 valence electrons. The number of ketones is 1. The van der Waals surface area contributed by atoms with Crippen molar-refractivity contribution in [3.63, 3.8) is 0 Å². The Kier molecular flexibility index (Phi) is 5.50. The largest absolute Gasteiger partial charge is 0.298 e. The summed E-state index contributed by atoms with van der Waals surface area (Å²) in [5.41, 5.74) is 1.13. The first-order chi connectivity index (χ1) is 7.34. The minimum atomic E-state index is 0. The van der Waals surface area contributed by atoms with Crippen molar-refractivity contribution in [3.8, 4) is 0 Å². The number of carbonyl (C=O) groups excluding carboxylic acids is 1. The number of carbonyl (C=O) groups is 1. The Morgan fingerprint density at radius 2 is 1.75 bits per heavy atom. The topological polar surface area (TPSA) is 20.3 Å². The minimum absolute atomic E-state index is 0. The molecular weight excluding hydrogens is 222 g/mol. The summed E-state index contributed by atoms with van der Waals surface area (Å²) in [6.45, 7) is 2.83. The van der Waals surface area contributed by atoms with Crippen LogP contribution < -0.4 is 0 Å². The van der Waals surface area contributed by atoms with Crippen molar-refractivity contribution >= 4 is 18.2 Å². The van der Waals surface area contributed by atoms with Gasteiger partial charge in [-0.3, -0.25) is 9.69 Å². The molecule has 0 N–H and O–H groups in total. The molecule has 0 atom stereocenters. The zero-order chi connectivity index (χ0) is 10.5. The van der Waals surface area contributed by atoms with E-state index in [0.717, 1.165) is 18.7 Å². The zero-order valence-corrected chi connectivity index (χ0v) is 10.2. The van der Waals surface area contributed by atoms with Crippen LogP contribution in [-0.2, 0) is 11.2 Å². The van der Waals surface area contributed by atoms with Gasteiger partial charge in [0.05, 0.1) is 6.54 Å². The summed E-state index contributed by atoms with van der Waals surface area (Å²) < 4.78 is 0. The van der Waals surface area contributed by atoms with E-state index in [1.807, 2.05) is 30.3 Å². The van der Waals surface area contributed by atoms with Crippen LogP contribution in [0.4, 0.5) is 0 Å². The van der Waals surface area contributed by atoms with Crippen molar-refractivity contribution in [2.24, 2.45) is 0 Å². The van der Waals surface area contributed by atoms with Crippen LogP contribution in [0.3, 0.4) is 0 Å². The predicted octanol–water partition coefficient (Wildman–Crippen LogP) is 2.32. The molecule has 1 saturated heterocycles. The van der Waals surface area contributed by atoms with Gasteiger partial charge in [-0.05, 0) is 31.5 Å². The summed E-state index contributed by atoms with van der Waals surface area (Å²) >= 11 is 0. The van der Waals surface area contributed by atoms with Gasteiger partial charge in [0.25, 0.3) is 0 Å². The van der Waals surface area contributed by atoms with Crippen molar-refractivity contribution in [3.05, 3.63) is 35.9 Å². The fraction of sp³-hybridized carbons (Fsp3) is 0.462. The van der Waals surface area contributed by atoms with Gasteiger partial charge < -0.3 is 0 Å². The van der Waals surface area contributed by atoms with Crippen molar-refractivity contribution in [2.75, 3.05) is 19.6 Å². The molecule has 2 rings (SSSR count). The Morgan fingerprint density at radius 1 is 1.12 bits per heavy atom. The summed E-state index contributed by atoms with van der Waals surface area (Å²) in [7, 11) is 0. The third kappa shape index (κ3) is 3.95. The molecule has 0 aromatic heterocycles. The van der Waals surface area contributed by atoms with Gasteiger partial charge in [0.1, 0.15) is 0 Å². The van der Waals surface area contributed by atoms with E-state index < -0.39 is 0 Å². The van der Waals surface area contributed by atoms with Crippen LogP contribution >= 0.6 is 12.4 Å². The van der Waals surface area contributed by atoms with Gasteiger partial charge in [-0.15, -0.1) is 12.4 Å². The first kappa shape index (κ1) is 13.2. The van der Waals surface area contributed by atoms with Crippen LogP contribution in [0.2, 0.25) is 0 Å². The molecule has 1 aromatic rings. The predicted molar refractivity (Wildman–Crippen MR) is 68.1 cm³/mol. The van der Waals surface area contributed by atoms with E-state index in [-0.39, 0.29) is 12.4 Å². The van der Waals surface area contributed by atoms with Gasteiger partial charge >= 0.3 is 0 Å². The Labute approximate surface area is 103 Å². The van der Waals surface area contributed by atoms with E-state index in [9.17, 15) is 4.79 Å². The number of rotatable bonds is 4. The van der Waals surface area contributed by atoms with Gasteiger partial charge in [0.2, 0.25) is 0 Å². The second-order valence-electron chi connectivity index (χ2n) is 4.18. The van der Waals surface area contributed by atoms with E-state index in [2.05, 4.69) is 4.90 Å². The molecule has 16 heavy (non-hydrogen) atoms. The molecule has 1 aliphatic heterocycles. The Bertz CT molecular complexity index is 320. The molecule has 1 aliphatic rings. The maximum absolute atomic E-state index is 11.7. The minimum Gasteiger partial charge on any atom is -0.298 e. The average Bonchev–Trinajstić information content (AvgIpc) is 2.71. The van der Waals surface area contributed by atoms with Crippen LogP contribution in [0.15, 0.2) is 30.3 Å². The van der Waals surface area contributed by atoms with Crippen molar-refractivity contribution in [2.45, 2.75) is 19.3 Å². The van der Waals surface area contributed by atoms with Crippen LogP contribution in [0.1, 0.15) is 18.4 Å². The summed E-state index contributed by atoms with van der Waals surface area (Å²) in [5, 5.41) is 0. The molecule has 0 saturated carbocycles. The molecule has 1 aromatic carbocycles. The molecule has 0 radical (unpaired) electrons. The standard InChI is InChI=1S/C13H17NO.ClH/c15-13(11-14-8-4-5-9-14)10-12-6-2-1-3-7-12;/h1-3,6-7H,4-5,8-11H2;1H. The lowest BCUT2D eigenvalue weighted by atomic mass is 10.1. The summed E-state index contributed by atoms with van der Waals surface area (Å²) in [4.78, 5) is 14.0. The van der Waals surface area contributed by atoms with Crippen LogP contribution in [0.5, 0.6) is 0 Å². The normalized spacial score (nSPS) is 15.8. The first-order valence-corrected chi connectivity index (χ1v) is 5.62. The number of hydrogen-bond acceptors (Lipinski definition) is 2. The Hall–Kier alpha value is -0.860. The molecule has 0 unspecified atom stereocenters. The summed E-state index contributed by atoms with van der Waals surface area (Å²) in [6, 6.07) is 9.98. The second-order valence-corrected chi connectivity index (χ2v) is 4.18. The molecule has 0 amide bonds. The zero-order valence-electron chi connectivity index (χ0n) is 9.39. The number of Topliss-reactive ketones (excluding diaryl/α,β-unsaturated/α-hetero) is 1. The Morgan fingerprint density at radius 3 is 2.38 bits per heavy atom. The highest BCUT2D eigenvalue weighted by molar-refractivity contribution is 5.85. The maximum atomic E-state index is 11.7.